The zero-order chi connectivity index (χ0) is 32.2. The first-order chi connectivity index (χ1) is 20.3. The average Bonchev–Trinajstić information content (AvgIpc) is 2.98. The molecule has 0 aromatic rings. The molecule has 19 nitrogen and oxygen atoms in total. The van der Waals surface area contributed by atoms with Gasteiger partial charge >= 0.3 is 5.97 Å². The van der Waals surface area contributed by atoms with Crippen LogP contribution in [0.5, 0.6) is 0 Å². The third-order valence-corrected chi connectivity index (χ3v) is 7.74. The van der Waals surface area contributed by atoms with Crippen LogP contribution in [0.3, 0.4) is 0 Å². The first-order valence-corrected chi connectivity index (χ1v) is 13.5. The Bertz CT molecular complexity index is 927. The summed E-state index contributed by atoms with van der Waals surface area (Å²) in [5.41, 5.74) is 0. The van der Waals surface area contributed by atoms with Crippen LogP contribution in [-0.4, -0.2) is 187 Å². The molecular weight excluding hydrogens is 590 g/mol. The van der Waals surface area contributed by atoms with Crippen molar-refractivity contribution >= 4 is 12.4 Å². The molecule has 11 N–H and O–H groups in total. The largest absolute Gasteiger partial charge is 0.487 e. The molecule has 43 heavy (non-hydrogen) atoms. The van der Waals surface area contributed by atoms with Crippen LogP contribution in [0.4, 0.5) is 0 Å². The smallest absolute Gasteiger partial charge is 0.364 e. The number of aliphatic carboxylic acids is 1. The van der Waals surface area contributed by atoms with Gasteiger partial charge in [-0.25, -0.2) is 9.79 Å². The molecule has 19 heteroatoms. The number of hydrogen-bond donors (Lipinski definition) is 11. The highest BCUT2D eigenvalue weighted by molar-refractivity contribution is 5.76. The Kier molecular flexibility index (Phi) is 12.6. The lowest BCUT2D eigenvalue weighted by molar-refractivity contribution is -0.382. The zero-order valence-corrected chi connectivity index (χ0v) is 23.3. The van der Waals surface area contributed by atoms with Crippen LogP contribution >= 0.6 is 0 Å². The Labute approximate surface area is 245 Å². The molecule has 0 aromatic heterocycles. The molecule has 0 radical (unpaired) electrons. The topological polar surface area (TPSA) is 307 Å². The standard InChI is InChI=1S/C24H41NO18/c1-8-14(31)18(12(6-28)39-21(8)35)41-22-17(34)20(16(33)11(5-27)40-22)43-24(23(36)37)3-9(29)13(25-7-38-2)19(42-24)15(32)10(30)4-26/h7-22,26-35H,3-6H2,1-2H3,(H,36,37)/b25-7-. The number of aliphatic imine (C=N–C) groups is 1. The predicted molar refractivity (Wildman–Crippen MR) is 135 cm³/mol. The second-order valence-electron chi connectivity index (χ2n) is 10.6. The number of carbonyl (C=O) groups is 1. The highest BCUT2D eigenvalue weighted by atomic mass is 16.8. The normalized spacial score (nSPS) is 45.5. The summed E-state index contributed by atoms with van der Waals surface area (Å²) in [7, 11) is 1.21. The zero-order valence-electron chi connectivity index (χ0n) is 23.3. The van der Waals surface area contributed by atoms with E-state index in [4.69, 9.17) is 28.4 Å². The molecule has 16 atom stereocenters. The molecule has 0 saturated carbocycles. The lowest BCUT2D eigenvalue weighted by Gasteiger charge is -2.50. The van der Waals surface area contributed by atoms with Crippen molar-refractivity contribution in [1.29, 1.82) is 0 Å². The van der Waals surface area contributed by atoms with Crippen LogP contribution in [0, 0.1) is 5.92 Å². The molecule has 3 aliphatic rings. The van der Waals surface area contributed by atoms with E-state index in [1.807, 2.05) is 0 Å². The number of rotatable bonds is 12. The Hall–Kier alpha value is -1.66. The molecule has 0 bridgehead atoms. The second-order valence-corrected chi connectivity index (χ2v) is 10.6. The minimum Gasteiger partial charge on any atom is -0.487 e. The van der Waals surface area contributed by atoms with E-state index in [9.17, 15) is 61.0 Å². The van der Waals surface area contributed by atoms with Crippen LogP contribution < -0.4 is 0 Å². The quantitative estimate of drug-likeness (QED) is 0.0704. The van der Waals surface area contributed by atoms with Crippen molar-refractivity contribution in [2.24, 2.45) is 10.9 Å². The van der Waals surface area contributed by atoms with Crippen LogP contribution in [0.15, 0.2) is 4.99 Å². The number of hydrogen-bond acceptors (Lipinski definition) is 18. The molecule has 3 heterocycles. The van der Waals surface area contributed by atoms with E-state index in [0.717, 1.165) is 6.40 Å². The summed E-state index contributed by atoms with van der Waals surface area (Å²) in [5.74, 6) is -5.77. The van der Waals surface area contributed by atoms with Crippen molar-refractivity contribution in [2.75, 3.05) is 26.9 Å². The van der Waals surface area contributed by atoms with E-state index >= 15 is 0 Å². The van der Waals surface area contributed by atoms with Crippen molar-refractivity contribution < 1.29 is 89.4 Å². The fraction of sp³-hybridized carbons (Fsp3) is 0.917. The van der Waals surface area contributed by atoms with Gasteiger partial charge in [-0.15, -0.1) is 0 Å². The molecule has 3 rings (SSSR count). The van der Waals surface area contributed by atoms with E-state index in [1.165, 1.54) is 14.0 Å². The summed E-state index contributed by atoms with van der Waals surface area (Å²) in [6.07, 6.45) is -22.7. The number of methoxy groups -OCH3 is 1. The molecule has 0 aliphatic carbocycles. The Balaban J connectivity index is 1.94. The molecule has 3 saturated heterocycles. The predicted octanol–water partition coefficient (Wildman–Crippen LogP) is -6.41. The molecule has 16 unspecified atom stereocenters. The molecule has 0 amide bonds. The number of aliphatic hydroxyl groups is 10. The lowest BCUT2D eigenvalue weighted by atomic mass is 9.88. The SMILES string of the molecule is CO/C=N\C1C(O)CC(OC2C(O)C(CO)OC(OC3C(CO)OC(O)C(C)C3O)C2O)(C(=O)O)OC1C(O)C(O)CO. The molecule has 0 spiro atoms. The van der Waals surface area contributed by atoms with Gasteiger partial charge in [-0.1, -0.05) is 6.92 Å². The summed E-state index contributed by atoms with van der Waals surface area (Å²) < 4.78 is 32.2. The van der Waals surface area contributed by atoms with Gasteiger partial charge in [0.05, 0.1) is 39.1 Å². The Morgan fingerprint density at radius 1 is 1.00 bits per heavy atom. The second kappa shape index (κ2) is 15.1. The monoisotopic (exact) mass is 631 g/mol. The van der Waals surface area contributed by atoms with Crippen LogP contribution in [-0.2, 0) is 33.2 Å². The van der Waals surface area contributed by atoms with Gasteiger partial charge in [0.1, 0.15) is 61.0 Å². The van der Waals surface area contributed by atoms with E-state index in [2.05, 4.69) is 4.99 Å². The Morgan fingerprint density at radius 2 is 1.65 bits per heavy atom. The summed E-state index contributed by atoms with van der Waals surface area (Å²) >= 11 is 0. The number of carboxylic acid groups (broad SMARTS) is 1. The first kappa shape index (κ1) is 35.8. The fourth-order valence-electron chi connectivity index (χ4n) is 5.19. The number of nitrogens with zero attached hydrogens (tertiary/aromatic N) is 1. The van der Waals surface area contributed by atoms with E-state index in [1.54, 1.807) is 0 Å². The van der Waals surface area contributed by atoms with Crippen LogP contribution in [0.2, 0.25) is 0 Å². The van der Waals surface area contributed by atoms with Gasteiger partial charge in [0, 0.05) is 12.3 Å². The first-order valence-electron chi connectivity index (χ1n) is 13.5. The average molecular weight is 632 g/mol. The van der Waals surface area contributed by atoms with Gasteiger partial charge in [-0.3, -0.25) is 0 Å². The minimum absolute atomic E-state index is 0.746. The fourth-order valence-corrected chi connectivity index (χ4v) is 5.19. The van der Waals surface area contributed by atoms with Gasteiger partial charge in [0.15, 0.2) is 19.0 Å². The van der Waals surface area contributed by atoms with Crippen LogP contribution in [0.1, 0.15) is 13.3 Å². The van der Waals surface area contributed by atoms with Crippen molar-refractivity contribution in [1.82, 2.24) is 0 Å². The summed E-state index contributed by atoms with van der Waals surface area (Å²) in [5, 5.41) is 113. The summed E-state index contributed by atoms with van der Waals surface area (Å²) in [6.45, 7) is -1.23. The van der Waals surface area contributed by atoms with E-state index in [-0.39, 0.29) is 0 Å². The number of carboxylic acids is 1. The van der Waals surface area contributed by atoms with Gasteiger partial charge in [0.2, 0.25) is 0 Å². The summed E-state index contributed by atoms with van der Waals surface area (Å²) in [4.78, 5) is 16.5. The highest BCUT2D eigenvalue weighted by Crippen LogP contribution is 2.39. The highest BCUT2D eigenvalue weighted by Gasteiger charge is 2.60. The van der Waals surface area contributed by atoms with Crippen molar-refractivity contribution in [3.63, 3.8) is 0 Å². The molecule has 250 valence electrons. The maximum Gasteiger partial charge on any atom is 0.364 e. The summed E-state index contributed by atoms with van der Waals surface area (Å²) in [6, 6.07) is -1.45. The molecular formula is C24H41NO18. The van der Waals surface area contributed by atoms with Gasteiger partial charge in [-0.2, -0.15) is 0 Å². The van der Waals surface area contributed by atoms with Crippen LogP contribution in [0.25, 0.3) is 0 Å². The maximum atomic E-state index is 12.6. The van der Waals surface area contributed by atoms with Gasteiger partial charge in [-0.05, 0) is 0 Å². The number of aliphatic hydroxyl groups excluding tert-OH is 10. The third-order valence-electron chi connectivity index (χ3n) is 7.74. The van der Waals surface area contributed by atoms with Gasteiger partial charge < -0.3 is 84.6 Å². The molecule has 3 aliphatic heterocycles. The Morgan fingerprint density at radius 3 is 2.21 bits per heavy atom. The van der Waals surface area contributed by atoms with Crippen molar-refractivity contribution in [2.45, 2.75) is 105 Å². The number of ether oxygens (including phenoxy) is 6. The van der Waals surface area contributed by atoms with Crippen molar-refractivity contribution in [3.05, 3.63) is 0 Å². The van der Waals surface area contributed by atoms with Crippen molar-refractivity contribution in [3.8, 4) is 0 Å². The molecule has 3 fully saturated rings. The molecule has 0 aromatic carbocycles. The third kappa shape index (κ3) is 7.43. The van der Waals surface area contributed by atoms with E-state index in [0.29, 0.717) is 0 Å². The minimum atomic E-state index is -2.94. The maximum absolute atomic E-state index is 12.6. The lowest BCUT2D eigenvalue weighted by Crippen LogP contribution is -2.68. The van der Waals surface area contributed by atoms with Gasteiger partial charge in [0.25, 0.3) is 5.79 Å². The van der Waals surface area contributed by atoms with E-state index < -0.39 is 130 Å².